The van der Waals surface area contributed by atoms with Crippen molar-refractivity contribution in [3.8, 4) is 11.1 Å². The Bertz CT molecular complexity index is 879. The quantitative estimate of drug-likeness (QED) is 0.532. The smallest absolute Gasteiger partial charge is 0.267 e. The van der Waals surface area contributed by atoms with Crippen molar-refractivity contribution >= 4 is 29.2 Å². The topological polar surface area (TPSA) is 96.9 Å². The number of H-pyrrole nitrogens is 1. The molecule has 7 heteroatoms. The molecule has 0 saturated heterocycles. The average Bonchev–Trinajstić information content (AvgIpc) is 3.04. The largest absolute Gasteiger partial charge is 0.351 e. The Labute approximate surface area is 157 Å². The summed E-state index contributed by atoms with van der Waals surface area (Å²) in [5, 5.41) is 3.74. The van der Waals surface area contributed by atoms with Crippen molar-refractivity contribution in [1.82, 2.24) is 10.3 Å². The first-order chi connectivity index (χ1) is 12.1. The Morgan fingerprint density at radius 2 is 1.81 bits per heavy atom. The Balaban J connectivity index is 0.00000243. The Kier molecular flexibility index (Phi) is 6.74. The number of carbonyl (C=O) groups excluding carboxylic acids is 1. The second kappa shape index (κ2) is 8.80. The maximum atomic E-state index is 13.1. The van der Waals surface area contributed by atoms with E-state index in [2.05, 4.69) is 10.3 Å². The van der Waals surface area contributed by atoms with Crippen LogP contribution in [0.15, 0.2) is 48.5 Å². The Morgan fingerprint density at radius 1 is 1.12 bits per heavy atom. The molecule has 0 saturated carbocycles. The van der Waals surface area contributed by atoms with Gasteiger partial charge in [-0.05, 0) is 48.4 Å². The van der Waals surface area contributed by atoms with E-state index >= 15 is 0 Å². The minimum atomic E-state index is -0.267. The number of nitrogens with two attached hydrogens (primary N) is 2. The summed E-state index contributed by atoms with van der Waals surface area (Å²) in [5.41, 5.74) is 14.5. The lowest BCUT2D eigenvalue weighted by Crippen LogP contribution is -2.38. The van der Waals surface area contributed by atoms with Crippen molar-refractivity contribution in [2.24, 2.45) is 11.5 Å². The summed E-state index contributed by atoms with van der Waals surface area (Å²) < 4.78 is 13.1. The zero-order valence-corrected chi connectivity index (χ0v) is 15.0. The molecule has 1 amide bonds. The number of fused-ring (bicyclic) bond motifs is 1. The number of aromatic amines is 1. The standard InChI is InChI=1S/C19H21FN4O.ClH/c20-15-5-3-12(4-6-15)13-1-2-14-10-18(24-17(14)9-13)19(25)23-11-16(22)7-8-21;/h1-6,9-10,16,24H,7-8,11,21-22H2,(H,23,25);1H/t16-;/m0./s1. The van der Waals surface area contributed by atoms with E-state index in [0.717, 1.165) is 22.0 Å². The third-order valence-corrected chi connectivity index (χ3v) is 4.11. The molecule has 0 radical (unpaired) electrons. The third-order valence-electron chi connectivity index (χ3n) is 4.11. The first-order valence-corrected chi connectivity index (χ1v) is 8.19. The van der Waals surface area contributed by atoms with E-state index in [-0.39, 0.29) is 30.2 Å². The lowest BCUT2D eigenvalue weighted by molar-refractivity contribution is 0.0946. The van der Waals surface area contributed by atoms with Gasteiger partial charge in [0.15, 0.2) is 0 Å². The predicted octanol–water partition coefficient (Wildman–Crippen LogP) is 2.80. The summed E-state index contributed by atoms with van der Waals surface area (Å²) in [6, 6.07) is 13.8. The van der Waals surface area contributed by atoms with E-state index in [1.807, 2.05) is 18.2 Å². The highest BCUT2D eigenvalue weighted by Gasteiger charge is 2.11. The highest BCUT2D eigenvalue weighted by molar-refractivity contribution is 5.98. The van der Waals surface area contributed by atoms with Gasteiger partial charge in [0.2, 0.25) is 0 Å². The maximum Gasteiger partial charge on any atom is 0.267 e. The van der Waals surface area contributed by atoms with Gasteiger partial charge in [0.25, 0.3) is 5.91 Å². The molecule has 1 heterocycles. The van der Waals surface area contributed by atoms with Crippen molar-refractivity contribution in [3.63, 3.8) is 0 Å². The lowest BCUT2D eigenvalue weighted by Gasteiger charge is -2.10. The molecule has 0 bridgehead atoms. The Morgan fingerprint density at radius 3 is 2.50 bits per heavy atom. The van der Waals surface area contributed by atoms with Gasteiger partial charge >= 0.3 is 0 Å². The van der Waals surface area contributed by atoms with Gasteiger partial charge in [-0.25, -0.2) is 4.39 Å². The summed E-state index contributed by atoms with van der Waals surface area (Å²) in [5.74, 6) is -0.469. The van der Waals surface area contributed by atoms with E-state index < -0.39 is 0 Å². The summed E-state index contributed by atoms with van der Waals surface area (Å²) in [6.07, 6.45) is 0.661. The third kappa shape index (κ3) is 4.60. The Hall–Kier alpha value is -2.41. The molecular weight excluding hydrogens is 355 g/mol. The van der Waals surface area contributed by atoms with E-state index in [0.29, 0.717) is 25.2 Å². The van der Waals surface area contributed by atoms with E-state index in [4.69, 9.17) is 11.5 Å². The minimum absolute atomic E-state index is 0. The second-order valence-corrected chi connectivity index (χ2v) is 6.04. The fourth-order valence-electron chi connectivity index (χ4n) is 2.71. The van der Waals surface area contributed by atoms with Crippen LogP contribution in [0.2, 0.25) is 0 Å². The molecule has 1 atom stereocenters. The summed E-state index contributed by atoms with van der Waals surface area (Å²) in [6.45, 7) is 0.877. The highest BCUT2D eigenvalue weighted by atomic mass is 35.5. The van der Waals surface area contributed by atoms with Crippen molar-refractivity contribution in [1.29, 1.82) is 0 Å². The zero-order valence-electron chi connectivity index (χ0n) is 14.2. The summed E-state index contributed by atoms with van der Waals surface area (Å²) in [7, 11) is 0. The molecule has 0 aliphatic heterocycles. The molecule has 0 spiro atoms. The summed E-state index contributed by atoms with van der Waals surface area (Å²) in [4.78, 5) is 15.4. The molecule has 26 heavy (non-hydrogen) atoms. The minimum Gasteiger partial charge on any atom is -0.351 e. The molecule has 0 fully saturated rings. The number of carbonyl (C=O) groups is 1. The molecule has 3 aromatic rings. The van der Waals surface area contributed by atoms with Crippen LogP contribution >= 0.6 is 12.4 Å². The number of aromatic nitrogens is 1. The fourth-order valence-corrected chi connectivity index (χ4v) is 2.71. The number of rotatable bonds is 6. The van der Waals surface area contributed by atoms with E-state index in [9.17, 15) is 9.18 Å². The number of halogens is 2. The van der Waals surface area contributed by atoms with E-state index in [1.54, 1.807) is 18.2 Å². The molecular formula is C19H22ClFN4O. The van der Waals surface area contributed by atoms with Gasteiger partial charge < -0.3 is 21.8 Å². The molecule has 1 aromatic heterocycles. The number of nitrogens with one attached hydrogen (secondary N) is 2. The van der Waals surface area contributed by atoms with Crippen LogP contribution < -0.4 is 16.8 Å². The lowest BCUT2D eigenvalue weighted by atomic mass is 10.0. The van der Waals surface area contributed by atoms with Crippen LogP contribution in [0.5, 0.6) is 0 Å². The van der Waals surface area contributed by atoms with E-state index in [1.165, 1.54) is 12.1 Å². The molecule has 5 nitrogen and oxygen atoms in total. The molecule has 138 valence electrons. The number of amides is 1. The van der Waals surface area contributed by atoms with Gasteiger partial charge in [-0.3, -0.25) is 4.79 Å². The van der Waals surface area contributed by atoms with Crippen molar-refractivity contribution in [3.05, 3.63) is 60.0 Å². The number of benzene rings is 2. The fraction of sp³-hybridized carbons (Fsp3) is 0.211. The van der Waals surface area contributed by atoms with Crippen LogP contribution in [0.4, 0.5) is 4.39 Å². The van der Waals surface area contributed by atoms with Crippen LogP contribution in [-0.2, 0) is 0 Å². The van der Waals surface area contributed by atoms with Crippen LogP contribution in [-0.4, -0.2) is 30.0 Å². The molecule has 0 unspecified atom stereocenters. The van der Waals surface area contributed by atoms with Gasteiger partial charge in [0, 0.05) is 23.5 Å². The van der Waals surface area contributed by atoms with Crippen LogP contribution in [0.1, 0.15) is 16.9 Å². The van der Waals surface area contributed by atoms with Gasteiger partial charge in [0.1, 0.15) is 11.5 Å². The SMILES string of the molecule is Cl.NCC[C@H](N)CNC(=O)c1cc2ccc(-c3ccc(F)cc3)cc2[nH]1. The number of hydrogen-bond donors (Lipinski definition) is 4. The van der Waals surface area contributed by atoms with Crippen molar-refractivity contribution in [2.75, 3.05) is 13.1 Å². The first kappa shape index (κ1) is 19.9. The normalized spacial score (nSPS) is 11.8. The van der Waals surface area contributed by atoms with Gasteiger partial charge in [-0.2, -0.15) is 0 Å². The zero-order chi connectivity index (χ0) is 17.8. The molecule has 2 aromatic carbocycles. The maximum absolute atomic E-state index is 13.1. The van der Waals surface area contributed by atoms with Gasteiger partial charge in [-0.15, -0.1) is 12.4 Å². The van der Waals surface area contributed by atoms with Gasteiger partial charge in [0.05, 0.1) is 0 Å². The van der Waals surface area contributed by atoms with Crippen LogP contribution in [0, 0.1) is 5.82 Å². The van der Waals surface area contributed by atoms with Crippen LogP contribution in [0.3, 0.4) is 0 Å². The monoisotopic (exact) mass is 376 g/mol. The highest BCUT2D eigenvalue weighted by Crippen LogP contribution is 2.25. The first-order valence-electron chi connectivity index (χ1n) is 8.19. The van der Waals surface area contributed by atoms with Gasteiger partial charge in [-0.1, -0.05) is 24.3 Å². The van der Waals surface area contributed by atoms with Crippen molar-refractivity contribution in [2.45, 2.75) is 12.5 Å². The molecule has 0 aliphatic carbocycles. The van der Waals surface area contributed by atoms with Crippen molar-refractivity contribution < 1.29 is 9.18 Å². The molecule has 6 N–H and O–H groups in total. The predicted molar refractivity (Wildman–Crippen MR) is 105 cm³/mol. The van der Waals surface area contributed by atoms with Crippen LogP contribution in [0.25, 0.3) is 22.0 Å². The molecule has 0 aliphatic rings. The molecule has 3 rings (SSSR count). The average molecular weight is 377 g/mol. The summed E-state index contributed by atoms with van der Waals surface area (Å²) >= 11 is 0. The number of hydrogen-bond acceptors (Lipinski definition) is 3. The second-order valence-electron chi connectivity index (χ2n) is 6.04.